The summed E-state index contributed by atoms with van der Waals surface area (Å²) in [7, 11) is 1.81. The molecule has 0 unspecified atom stereocenters. The van der Waals surface area contributed by atoms with Gasteiger partial charge in [-0.05, 0) is 51.2 Å². The van der Waals surface area contributed by atoms with Crippen LogP contribution in [0.4, 0.5) is 16.2 Å². The summed E-state index contributed by atoms with van der Waals surface area (Å²) in [6, 6.07) is 9.47. The molecule has 9 heteroatoms. The second-order valence-corrected chi connectivity index (χ2v) is 8.99. The quantitative estimate of drug-likeness (QED) is 0.615. The van der Waals surface area contributed by atoms with E-state index in [-0.39, 0.29) is 17.9 Å². The summed E-state index contributed by atoms with van der Waals surface area (Å²) in [5.41, 5.74) is 2.85. The van der Waals surface area contributed by atoms with Crippen LogP contribution in [0, 0.1) is 5.82 Å². The van der Waals surface area contributed by atoms with Gasteiger partial charge in [-0.15, -0.1) is 0 Å². The summed E-state index contributed by atoms with van der Waals surface area (Å²) in [4.78, 5) is 19.3. The molecule has 8 nitrogen and oxygen atoms in total. The lowest BCUT2D eigenvalue weighted by Crippen LogP contribution is -2.46. The first kappa shape index (κ1) is 22.9. The van der Waals surface area contributed by atoms with Gasteiger partial charge in [0.1, 0.15) is 11.6 Å². The lowest BCUT2D eigenvalue weighted by Gasteiger charge is -2.37. The minimum absolute atomic E-state index is 0.172. The van der Waals surface area contributed by atoms with Gasteiger partial charge < -0.3 is 24.6 Å². The molecule has 34 heavy (non-hydrogen) atoms. The molecule has 1 N–H and O–H groups in total. The highest BCUT2D eigenvalue weighted by Crippen LogP contribution is 2.31. The molecular formula is C25H31FN6O2. The number of nitrogens with one attached hydrogen (secondary N) is 1. The molecule has 2 aliphatic rings. The zero-order chi connectivity index (χ0) is 23.7. The summed E-state index contributed by atoms with van der Waals surface area (Å²) >= 11 is 0. The van der Waals surface area contributed by atoms with Crippen LogP contribution >= 0.6 is 0 Å². The summed E-state index contributed by atoms with van der Waals surface area (Å²) < 4.78 is 25.5. The maximum absolute atomic E-state index is 14.2. The summed E-state index contributed by atoms with van der Waals surface area (Å²) in [6.45, 7) is 8.82. The van der Waals surface area contributed by atoms with Crippen LogP contribution < -0.4 is 15.1 Å². The molecule has 0 saturated carbocycles. The maximum Gasteiger partial charge on any atom is 0.229 e. The first-order valence-corrected chi connectivity index (χ1v) is 11.9. The highest BCUT2D eigenvalue weighted by atomic mass is 19.1. The fourth-order valence-electron chi connectivity index (χ4n) is 4.62. The molecule has 4 heterocycles. The SMILES string of the molecule is CNCc1cc(-c2ccc3c(N4CCOC[C@@H]4C)nc(N4CCOC[C@@H]4C)nc3n2)ccc1F. The van der Waals surface area contributed by atoms with Crippen LogP contribution in [-0.4, -0.2) is 73.6 Å². The van der Waals surface area contributed by atoms with Crippen molar-refractivity contribution in [1.29, 1.82) is 0 Å². The van der Waals surface area contributed by atoms with E-state index in [2.05, 4.69) is 29.0 Å². The van der Waals surface area contributed by atoms with Gasteiger partial charge in [0.05, 0.1) is 49.6 Å². The molecule has 0 radical (unpaired) electrons. The number of aromatic nitrogens is 3. The average Bonchev–Trinajstić information content (AvgIpc) is 2.85. The van der Waals surface area contributed by atoms with Gasteiger partial charge >= 0.3 is 0 Å². The molecule has 2 atom stereocenters. The highest BCUT2D eigenvalue weighted by molar-refractivity contribution is 5.90. The monoisotopic (exact) mass is 466 g/mol. The Morgan fingerprint density at radius 2 is 1.71 bits per heavy atom. The lowest BCUT2D eigenvalue weighted by molar-refractivity contribution is 0.0973. The summed E-state index contributed by atoms with van der Waals surface area (Å²) in [5.74, 6) is 1.31. The number of benzene rings is 1. The molecule has 5 rings (SSSR count). The molecule has 180 valence electrons. The largest absolute Gasteiger partial charge is 0.377 e. The van der Waals surface area contributed by atoms with Crippen molar-refractivity contribution in [1.82, 2.24) is 20.3 Å². The van der Waals surface area contributed by atoms with E-state index in [4.69, 9.17) is 24.4 Å². The zero-order valence-electron chi connectivity index (χ0n) is 19.9. The van der Waals surface area contributed by atoms with Crippen molar-refractivity contribution in [3.05, 3.63) is 41.7 Å². The Morgan fingerprint density at radius 3 is 2.41 bits per heavy atom. The Labute approximate surface area is 199 Å². The predicted molar refractivity (Wildman–Crippen MR) is 131 cm³/mol. The lowest BCUT2D eigenvalue weighted by atomic mass is 10.1. The number of anilines is 2. The van der Waals surface area contributed by atoms with Crippen molar-refractivity contribution >= 4 is 22.8 Å². The van der Waals surface area contributed by atoms with Crippen molar-refractivity contribution in [2.45, 2.75) is 32.5 Å². The smallest absolute Gasteiger partial charge is 0.229 e. The third-order valence-electron chi connectivity index (χ3n) is 6.50. The molecule has 1 aromatic carbocycles. The minimum Gasteiger partial charge on any atom is -0.377 e. The summed E-state index contributed by atoms with van der Waals surface area (Å²) in [5, 5.41) is 3.92. The molecule has 0 amide bonds. The fraction of sp³-hybridized carbons (Fsp3) is 0.480. The third kappa shape index (κ3) is 4.43. The number of nitrogens with zero attached hydrogens (tertiary/aromatic N) is 5. The van der Waals surface area contributed by atoms with Crippen molar-refractivity contribution in [2.24, 2.45) is 0 Å². The molecule has 2 aliphatic heterocycles. The normalized spacial score (nSPS) is 21.3. The average molecular weight is 467 g/mol. The van der Waals surface area contributed by atoms with Crippen LogP contribution in [0.25, 0.3) is 22.3 Å². The van der Waals surface area contributed by atoms with Gasteiger partial charge in [-0.1, -0.05) is 0 Å². The van der Waals surface area contributed by atoms with Crippen molar-refractivity contribution in [3.63, 3.8) is 0 Å². The molecule has 2 saturated heterocycles. The maximum atomic E-state index is 14.2. The van der Waals surface area contributed by atoms with E-state index in [1.165, 1.54) is 6.07 Å². The number of pyridine rings is 1. The number of halogens is 1. The van der Waals surface area contributed by atoms with Crippen LogP contribution in [-0.2, 0) is 16.0 Å². The minimum atomic E-state index is -0.228. The zero-order valence-corrected chi connectivity index (χ0v) is 19.9. The van der Waals surface area contributed by atoms with Gasteiger partial charge in [-0.25, -0.2) is 9.37 Å². The molecule has 2 aromatic heterocycles. The Balaban J connectivity index is 1.63. The second-order valence-electron chi connectivity index (χ2n) is 8.99. The van der Waals surface area contributed by atoms with Crippen LogP contribution in [0.5, 0.6) is 0 Å². The van der Waals surface area contributed by atoms with Crippen molar-refractivity contribution in [2.75, 3.05) is 56.4 Å². The van der Waals surface area contributed by atoms with Crippen molar-refractivity contribution in [3.8, 4) is 11.3 Å². The number of morpholine rings is 2. The topological polar surface area (TPSA) is 75.6 Å². The Kier molecular flexibility index (Phi) is 6.58. The third-order valence-corrected chi connectivity index (χ3v) is 6.50. The van der Waals surface area contributed by atoms with Gasteiger partial charge in [0.2, 0.25) is 5.95 Å². The standard InChI is InChI=1S/C25H31FN6O2/c1-16-14-33-10-8-31(16)24-20-5-7-22(18-4-6-21(26)19(12-18)13-27-3)28-23(20)29-25(30-24)32-9-11-34-15-17(32)2/h4-7,12,16-17,27H,8-11,13-15H2,1-3H3/t16-,17-/m0/s1. The molecule has 0 aliphatic carbocycles. The van der Waals surface area contributed by atoms with Crippen molar-refractivity contribution < 1.29 is 13.9 Å². The number of rotatable bonds is 5. The Morgan fingerprint density at radius 1 is 0.971 bits per heavy atom. The van der Waals surface area contributed by atoms with E-state index < -0.39 is 0 Å². The van der Waals surface area contributed by atoms with E-state index in [0.29, 0.717) is 50.1 Å². The molecule has 2 fully saturated rings. The van der Waals surface area contributed by atoms with Gasteiger partial charge in [-0.2, -0.15) is 9.97 Å². The van der Waals surface area contributed by atoms with E-state index >= 15 is 0 Å². The fourth-order valence-corrected chi connectivity index (χ4v) is 4.62. The first-order chi connectivity index (χ1) is 16.5. The molecule has 0 bridgehead atoms. The Hall–Kier alpha value is -2.88. The van der Waals surface area contributed by atoms with Crippen LogP contribution in [0.1, 0.15) is 19.4 Å². The van der Waals surface area contributed by atoms with Crippen LogP contribution in [0.3, 0.4) is 0 Å². The van der Waals surface area contributed by atoms with E-state index in [1.54, 1.807) is 13.1 Å². The van der Waals surface area contributed by atoms with E-state index in [1.807, 2.05) is 18.2 Å². The van der Waals surface area contributed by atoms with Gasteiger partial charge in [0, 0.05) is 30.8 Å². The number of ether oxygens (including phenoxy) is 2. The van der Waals surface area contributed by atoms with Gasteiger partial charge in [0.25, 0.3) is 0 Å². The van der Waals surface area contributed by atoms with Crippen LogP contribution in [0.2, 0.25) is 0 Å². The molecular weight excluding hydrogens is 435 g/mol. The first-order valence-electron chi connectivity index (χ1n) is 11.9. The van der Waals surface area contributed by atoms with Gasteiger partial charge in [0.15, 0.2) is 5.65 Å². The predicted octanol–water partition coefficient (Wildman–Crippen LogP) is 3.00. The summed E-state index contributed by atoms with van der Waals surface area (Å²) in [6.07, 6.45) is 0. The van der Waals surface area contributed by atoms with Crippen LogP contribution in [0.15, 0.2) is 30.3 Å². The van der Waals surface area contributed by atoms with E-state index in [9.17, 15) is 4.39 Å². The van der Waals surface area contributed by atoms with Gasteiger partial charge in [-0.3, -0.25) is 0 Å². The highest BCUT2D eigenvalue weighted by Gasteiger charge is 2.27. The molecule has 0 spiro atoms. The number of hydrogen-bond acceptors (Lipinski definition) is 8. The number of hydrogen-bond donors (Lipinski definition) is 1. The molecule has 3 aromatic rings. The second kappa shape index (κ2) is 9.77. The number of fused-ring (bicyclic) bond motifs is 1. The van der Waals surface area contributed by atoms with E-state index in [0.717, 1.165) is 35.6 Å². The Bertz CT molecular complexity index is 1180.